The number of nitrogens with zero attached hydrogens (tertiary/aromatic N) is 6. The summed E-state index contributed by atoms with van der Waals surface area (Å²) in [6.07, 6.45) is 5.64. The van der Waals surface area contributed by atoms with Crippen LogP contribution in [0.2, 0.25) is 0 Å². The number of hydrazine groups is 1. The third-order valence-corrected chi connectivity index (χ3v) is 3.96. The molecule has 0 N–H and O–H groups in total. The summed E-state index contributed by atoms with van der Waals surface area (Å²) >= 11 is 0. The Balaban J connectivity index is 1.99. The minimum atomic E-state index is -0.821. The molecule has 0 atom stereocenters. The van der Waals surface area contributed by atoms with E-state index >= 15 is 0 Å². The first-order chi connectivity index (χ1) is 12.0. The average Bonchev–Trinajstić information content (AvgIpc) is 2.97. The van der Waals surface area contributed by atoms with E-state index in [0.717, 1.165) is 36.1 Å². The monoisotopic (exact) mass is 346 g/mol. The zero-order valence-electron chi connectivity index (χ0n) is 14.1. The first kappa shape index (κ1) is 17.0. The molecule has 9 heteroatoms. The highest BCUT2D eigenvalue weighted by Gasteiger charge is 2.27. The quantitative estimate of drug-likeness (QED) is 0.625. The molecule has 0 spiro atoms. The minimum absolute atomic E-state index is 0.0557. The summed E-state index contributed by atoms with van der Waals surface area (Å²) in [5.74, 6) is -0.622. The van der Waals surface area contributed by atoms with E-state index in [1.54, 1.807) is 25.2 Å². The first-order valence-corrected chi connectivity index (χ1v) is 8.01. The number of halogens is 1. The minimum Gasteiger partial charge on any atom is -0.244 e. The Morgan fingerprint density at radius 2 is 1.96 bits per heavy atom. The van der Waals surface area contributed by atoms with Gasteiger partial charge in [-0.15, -0.1) is 4.68 Å². The van der Waals surface area contributed by atoms with Gasteiger partial charge in [0.05, 0.1) is 0 Å². The maximum Gasteiger partial charge on any atom is 0.377 e. The summed E-state index contributed by atoms with van der Waals surface area (Å²) in [6, 6.07) is 5.04. The molecule has 0 radical (unpaired) electrons. The number of rotatable bonds is 3. The molecule has 0 saturated carbocycles. The predicted molar refractivity (Wildman–Crippen MR) is 88.4 cm³/mol. The van der Waals surface area contributed by atoms with Crippen molar-refractivity contribution in [1.29, 1.82) is 0 Å². The predicted octanol–water partition coefficient (Wildman–Crippen LogP) is 1.77. The van der Waals surface area contributed by atoms with E-state index in [4.69, 9.17) is 0 Å². The number of amides is 1. The van der Waals surface area contributed by atoms with Gasteiger partial charge in [0, 0.05) is 19.8 Å². The van der Waals surface area contributed by atoms with Crippen molar-refractivity contribution < 1.29 is 9.18 Å². The van der Waals surface area contributed by atoms with E-state index in [2.05, 4.69) is 10.4 Å². The number of aromatic nitrogens is 4. The Labute approximate surface area is 143 Å². The van der Waals surface area contributed by atoms with Gasteiger partial charge >= 0.3 is 11.7 Å². The summed E-state index contributed by atoms with van der Waals surface area (Å²) in [6.45, 7) is 0. The van der Waals surface area contributed by atoms with Gasteiger partial charge < -0.3 is 0 Å². The molecule has 0 bridgehead atoms. The maximum absolute atomic E-state index is 13.9. The number of carbonyl (C=O) groups is 1. The van der Waals surface area contributed by atoms with Gasteiger partial charge in [0.15, 0.2) is 0 Å². The standard InChI is InChI=1S/C16H19FN6O2/c1-20(2)23(12-8-4-3-5-9-12)16(25)22-15(24)21(18-19-22)14-11-7-6-10-13(14)17/h6-8,10-11H,3-5,9H2,1-2H3. The number of allylic oxidation sites excluding steroid dienone is 2. The highest BCUT2D eigenvalue weighted by Crippen LogP contribution is 2.22. The normalized spacial score (nSPS) is 14.5. The number of hydrogen-bond donors (Lipinski definition) is 0. The highest BCUT2D eigenvalue weighted by molar-refractivity contribution is 5.77. The van der Waals surface area contributed by atoms with E-state index in [1.165, 1.54) is 23.2 Å². The molecule has 1 aliphatic carbocycles. The third-order valence-electron chi connectivity index (χ3n) is 3.96. The Morgan fingerprint density at radius 1 is 1.20 bits per heavy atom. The van der Waals surface area contributed by atoms with Gasteiger partial charge in [0.25, 0.3) is 0 Å². The fraction of sp³-hybridized carbons (Fsp3) is 0.375. The van der Waals surface area contributed by atoms with Crippen LogP contribution in [-0.4, -0.2) is 49.9 Å². The Morgan fingerprint density at radius 3 is 2.60 bits per heavy atom. The molecule has 25 heavy (non-hydrogen) atoms. The number of para-hydroxylation sites is 1. The van der Waals surface area contributed by atoms with Crippen LogP contribution in [0.3, 0.4) is 0 Å². The van der Waals surface area contributed by atoms with Crippen LogP contribution in [0.4, 0.5) is 9.18 Å². The van der Waals surface area contributed by atoms with E-state index in [9.17, 15) is 14.0 Å². The second-order valence-electron chi connectivity index (χ2n) is 5.92. The highest BCUT2D eigenvalue weighted by atomic mass is 19.1. The van der Waals surface area contributed by atoms with Gasteiger partial charge in [0.1, 0.15) is 11.5 Å². The number of carbonyl (C=O) groups excluding carboxylic acids is 1. The molecular formula is C16H19FN6O2. The topological polar surface area (TPSA) is 76.3 Å². The molecule has 8 nitrogen and oxygen atoms in total. The van der Waals surface area contributed by atoms with Gasteiger partial charge in [-0.1, -0.05) is 18.2 Å². The van der Waals surface area contributed by atoms with Crippen LogP contribution in [0.1, 0.15) is 25.7 Å². The first-order valence-electron chi connectivity index (χ1n) is 8.01. The summed E-state index contributed by atoms with van der Waals surface area (Å²) in [4.78, 5) is 25.4. The van der Waals surface area contributed by atoms with E-state index < -0.39 is 17.5 Å². The van der Waals surface area contributed by atoms with Crippen LogP contribution >= 0.6 is 0 Å². The molecular weight excluding hydrogens is 327 g/mol. The number of tetrazole rings is 1. The van der Waals surface area contributed by atoms with Crippen molar-refractivity contribution in [2.24, 2.45) is 0 Å². The maximum atomic E-state index is 13.9. The van der Waals surface area contributed by atoms with Crippen molar-refractivity contribution in [2.75, 3.05) is 14.1 Å². The summed E-state index contributed by atoms with van der Waals surface area (Å²) in [7, 11) is 3.42. The molecule has 1 amide bonds. The van der Waals surface area contributed by atoms with Crippen molar-refractivity contribution in [3.63, 3.8) is 0 Å². The third kappa shape index (κ3) is 3.22. The Kier molecular flexibility index (Phi) is 4.75. The largest absolute Gasteiger partial charge is 0.377 e. The molecule has 1 heterocycles. The molecule has 2 aromatic rings. The zero-order valence-corrected chi connectivity index (χ0v) is 14.1. The molecule has 132 valence electrons. The lowest BCUT2D eigenvalue weighted by Gasteiger charge is -2.31. The summed E-state index contributed by atoms with van der Waals surface area (Å²) in [5.41, 5.74) is -0.0632. The molecule has 0 aliphatic heterocycles. The van der Waals surface area contributed by atoms with Crippen LogP contribution in [0.5, 0.6) is 0 Å². The second kappa shape index (κ2) is 6.98. The number of benzene rings is 1. The SMILES string of the molecule is CN(C)N(C(=O)n1nnn(-c2ccccc2F)c1=O)C1=CCCCC1. The Bertz CT molecular complexity index is 870. The summed E-state index contributed by atoms with van der Waals surface area (Å²) < 4.78 is 15.3. The Hall–Kier alpha value is -2.81. The van der Waals surface area contributed by atoms with Gasteiger partial charge in [-0.05, 0) is 48.2 Å². The van der Waals surface area contributed by atoms with Gasteiger partial charge in [0.2, 0.25) is 0 Å². The average molecular weight is 346 g/mol. The fourth-order valence-electron chi connectivity index (χ4n) is 2.80. The number of hydrogen-bond acceptors (Lipinski definition) is 5. The van der Waals surface area contributed by atoms with Crippen LogP contribution in [-0.2, 0) is 0 Å². The molecule has 1 aromatic carbocycles. The van der Waals surface area contributed by atoms with E-state index in [0.29, 0.717) is 4.68 Å². The van der Waals surface area contributed by atoms with Gasteiger partial charge in [-0.2, -0.15) is 4.68 Å². The van der Waals surface area contributed by atoms with Crippen molar-refractivity contribution in [3.05, 3.63) is 52.3 Å². The van der Waals surface area contributed by atoms with E-state index in [-0.39, 0.29) is 5.69 Å². The zero-order chi connectivity index (χ0) is 18.0. The van der Waals surface area contributed by atoms with Crippen LogP contribution in [0.25, 0.3) is 5.69 Å². The molecule has 1 aliphatic rings. The lowest BCUT2D eigenvalue weighted by Crippen LogP contribution is -2.47. The van der Waals surface area contributed by atoms with Crippen molar-refractivity contribution in [1.82, 2.24) is 29.8 Å². The van der Waals surface area contributed by atoms with Crippen LogP contribution in [0.15, 0.2) is 40.8 Å². The molecule has 1 aromatic heterocycles. The molecule has 3 rings (SSSR count). The van der Waals surface area contributed by atoms with Gasteiger partial charge in [-0.3, -0.25) is 0 Å². The van der Waals surface area contributed by atoms with Gasteiger partial charge in [-0.25, -0.2) is 24.0 Å². The molecule has 0 unspecified atom stereocenters. The lowest BCUT2D eigenvalue weighted by atomic mass is 10.0. The van der Waals surface area contributed by atoms with Crippen LogP contribution < -0.4 is 5.69 Å². The van der Waals surface area contributed by atoms with Crippen molar-refractivity contribution >= 4 is 6.03 Å². The fourth-order valence-corrected chi connectivity index (χ4v) is 2.80. The second-order valence-corrected chi connectivity index (χ2v) is 5.92. The van der Waals surface area contributed by atoms with E-state index in [1.807, 2.05) is 6.08 Å². The summed E-state index contributed by atoms with van der Waals surface area (Å²) in [5, 5.41) is 10.3. The molecule has 0 fully saturated rings. The van der Waals surface area contributed by atoms with Crippen molar-refractivity contribution in [2.45, 2.75) is 25.7 Å². The molecule has 0 saturated heterocycles. The smallest absolute Gasteiger partial charge is 0.244 e. The van der Waals surface area contributed by atoms with Crippen molar-refractivity contribution in [3.8, 4) is 5.69 Å². The van der Waals surface area contributed by atoms with Crippen LogP contribution in [0, 0.1) is 5.82 Å². The lowest BCUT2D eigenvalue weighted by molar-refractivity contribution is 0.0878.